The number of benzene rings is 2. The molecule has 0 spiro atoms. The Morgan fingerprint density at radius 1 is 1.14 bits per heavy atom. The molecule has 0 atom stereocenters. The number of hydrogen-bond acceptors (Lipinski definition) is 4. The quantitative estimate of drug-likeness (QED) is 0.526. The molecule has 0 aliphatic heterocycles. The molecule has 2 aromatic carbocycles. The highest BCUT2D eigenvalue weighted by Gasteiger charge is 2.22. The largest absolute Gasteiger partial charge is 0.496 e. The molecule has 29 heavy (non-hydrogen) atoms. The highest BCUT2D eigenvalue weighted by molar-refractivity contribution is 9.10. The van der Waals surface area contributed by atoms with Crippen molar-refractivity contribution in [2.45, 2.75) is 34.1 Å². The maximum Gasteiger partial charge on any atom is 0.258 e. The number of carbonyl (C=O) groups is 1. The third-order valence-corrected chi connectivity index (χ3v) is 5.15. The van der Waals surface area contributed by atoms with Crippen LogP contribution in [-0.4, -0.2) is 26.7 Å². The molecule has 1 amide bonds. The van der Waals surface area contributed by atoms with E-state index in [1.54, 1.807) is 14.2 Å². The first-order valence-electron chi connectivity index (χ1n) is 9.63. The molecule has 0 aromatic heterocycles. The lowest BCUT2D eigenvalue weighted by molar-refractivity contribution is 0.0949. The molecule has 2 aromatic rings. The number of rotatable bonds is 8. The number of halogens is 1. The van der Waals surface area contributed by atoms with Gasteiger partial charge >= 0.3 is 0 Å². The number of carbonyl (C=O) groups excluding carboxylic acids is 1. The van der Waals surface area contributed by atoms with E-state index in [0.29, 0.717) is 23.6 Å². The number of nitrogens with one attached hydrogen (secondary N) is 1. The Balaban J connectivity index is 2.72. The highest BCUT2D eigenvalue weighted by Crippen LogP contribution is 2.39. The van der Waals surface area contributed by atoms with Gasteiger partial charge in [-0.05, 0) is 51.0 Å². The van der Waals surface area contributed by atoms with Gasteiger partial charge < -0.3 is 19.7 Å². The van der Waals surface area contributed by atoms with Gasteiger partial charge in [0.25, 0.3) is 5.91 Å². The van der Waals surface area contributed by atoms with E-state index < -0.39 is 0 Å². The van der Waals surface area contributed by atoms with Gasteiger partial charge in [-0.2, -0.15) is 0 Å². The van der Waals surface area contributed by atoms with Gasteiger partial charge in [-0.3, -0.25) is 4.79 Å². The van der Waals surface area contributed by atoms with Crippen LogP contribution in [-0.2, 0) is 0 Å². The zero-order valence-corrected chi connectivity index (χ0v) is 19.5. The average molecular weight is 461 g/mol. The van der Waals surface area contributed by atoms with Gasteiger partial charge in [-0.15, -0.1) is 0 Å². The third kappa shape index (κ3) is 5.32. The van der Waals surface area contributed by atoms with Crippen molar-refractivity contribution in [2.75, 3.05) is 25.7 Å². The molecule has 2 rings (SSSR count). The van der Waals surface area contributed by atoms with Crippen molar-refractivity contribution in [2.24, 2.45) is 0 Å². The molecular weight excluding hydrogens is 432 g/mol. The monoisotopic (exact) mass is 460 g/mol. The Morgan fingerprint density at radius 3 is 2.24 bits per heavy atom. The molecule has 0 saturated carbocycles. The van der Waals surface area contributed by atoms with Gasteiger partial charge in [0.1, 0.15) is 17.1 Å². The van der Waals surface area contributed by atoms with Crippen molar-refractivity contribution in [1.82, 2.24) is 5.32 Å². The van der Waals surface area contributed by atoms with Gasteiger partial charge in [0.05, 0.1) is 19.9 Å². The first-order valence-corrected chi connectivity index (χ1v) is 10.4. The Kier molecular flexibility index (Phi) is 8.14. The van der Waals surface area contributed by atoms with E-state index in [1.165, 1.54) is 5.57 Å². The summed E-state index contributed by atoms with van der Waals surface area (Å²) in [6, 6.07) is 9.90. The van der Waals surface area contributed by atoms with Crippen molar-refractivity contribution in [3.63, 3.8) is 0 Å². The van der Waals surface area contributed by atoms with Crippen molar-refractivity contribution >= 4 is 33.2 Å². The fraction of sp³-hybridized carbons (Fsp3) is 0.348. The lowest BCUT2D eigenvalue weighted by Gasteiger charge is -2.26. The predicted molar refractivity (Wildman–Crippen MR) is 123 cm³/mol. The van der Waals surface area contributed by atoms with Crippen LogP contribution < -0.4 is 19.7 Å². The number of ether oxygens (including phenoxy) is 2. The van der Waals surface area contributed by atoms with Crippen molar-refractivity contribution in [3.05, 3.63) is 57.7 Å². The van der Waals surface area contributed by atoms with Gasteiger partial charge in [0.15, 0.2) is 0 Å². The smallest absolute Gasteiger partial charge is 0.258 e. The molecule has 0 aliphatic carbocycles. The van der Waals surface area contributed by atoms with Crippen LogP contribution in [0.25, 0.3) is 0 Å². The van der Waals surface area contributed by atoms with E-state index in [9.17, 15) is 4.79 Å². The fourth-order valence-electron chi connectivity index (χ4n) is 2.99. The molecular formula is C23H29BrN2O3. The molecule has 0 saturated heterocycles. The summed E-state index contributed by atoms with van der Waals surface area (Å²) >= 11 is 3.53. The van der Waals surface area contributed by atoms with Gasteiger partial charge in [-0.25, -0.2) is 0 Å². The summed E-state index contributed by atoms with van der Waals surface area (Å²) in [6.45, 7) is 8.69. The molecule has 0 fully saturated rings. The minimum atomic E-state index is -0.223. The van der Waals surface area contributed by atoms with E-state index in [-0.39, 0.29) is 5.91 Å². The summed E-state index contributed by atoms with van der Waals surface area (Å²) in [7, 11) is 3.12. The Bertz CT molecular complexity index is 884. The molecule has 156 valence electrons. The van der Waals surface area contributed by atoms with Crippen LogP contribution in [0.3, 0.4) is 0 Å². The summed E-state index contributed by atoms with van der Waals surface area (Å²) in [6.07, 6.45) is 3.04. The van der Waals surface area contributed by atoms with E-state index in [0.717, 1.165) is 27.8 Å². The van der Waals surface area contributed by atoms with Gasteiger partial charge in [-0.1, -0.05) is 28.4 Å². The van der Waals surface area contributed by atoms with Crippen molar-refractivity contribution in [3.8, 4) is 11.5 Å². The van der Waals surface area contributed by atoms with E-state index >= 15 is 0 Å². The van der Waals surface area contributed by atoms with Crippen molar-refractivity contribution in [1.29, 1.82) is 0 Å². The summed E-state index contributed by atoms with van der Waals surface area (Å²) in [4.78, 5) is 14.7. The number of hydrogen-bond donors (Lipinski definition) is 1. The second-order valence-electron chi connectivity index (χ2n) is 6.71. The Labute approximate surface area is 181 Å². The average Bonchev–Trinajstić information content (AvgIpc) is 2.71. The summed E-state index contributed by atoms with van der Waals surface area (Å²) in [5.74, 6) is 0.708. The fourth-order valence-corrected chi connectivity index (χ4v) is 3.47. The number of aryl methyl sites for hydroxylation is 1. The lowest BCUT2D eigenvalue weighted by atomic mass is 10.1. The molecule has 0 heterocycles. The van der Waals surface area contributed by atoms with Crippen molar-refractivity contribution < 1.29 is 14.3 Å². The number of anilines is 2. The molecule has 0 aliphatic rings. The normalized spacial score (nSPS) is 11.2. The summed E-state index contributed by atoms with van der Waals surface area (Å²) in [5, 5.41) is 2.82. The second-order valence-corrected chi connectivity index (χ2v) is 7.63. The number of allylic oxidation sites excluding steroid dienone is 1. The van der Waals surface area contributed by atoms with E-state index in [1.807, 2.05) is 25.1 Å². The van der Waals surface area contributed by atoms with Gasteiger partial charge in [0, 0.05) is 35.0 Å². The third-order valence-electron chi connectivity index (χ3n) is 4.66. The first-order chi connectivity index (χ1) is 13.9. The zero-order chi connectivity index (χ0) is 21.6. The standard InChI is InChI=1S/C23H29BrN2O3/c1-7-15(3)14-26(19-10-9-17(24)11-16(19)4)18-12-20(28-5)22(21(13-18)29-6)23(27)25-8-2/h9-14H,7-8H2,1-6H3,(H,25,27)/b15-14-. The van der Waals surface area contributed by atoms with E-state index in [4.69, 9.17) is 9.47 Å². The highest BCUT2D eigenvalue weighted by atomic mass is 79.9. The minimum Gasteiger partial charge on any atom is -0.496 e. The van der Waals surface area contributed by atoms with Crippen LogP contribution in [0.2, 0.25) is 0 Å². The molecule has 1 N–H and O–H groups in total. The Morgan fingerprint density at radius 2 is 1.76 bits per heavy atom. The lowest BCUT2D eigenvalue weighted by Crippen LogP contribution is -2.24. The number of methoxy groups -OCH3 is 2. The van der Waals surface area contributed by atoms with Crippen LogP contribution in [0.15, 0.2) is 46.6 Å². The minimum absolute atomic E-state index is 0.223. The molecule has 6 heteroatoms. The number of amides is 1. The molecule has 0 bridgehead atoms. The topological polar surface area (TPSA) is 50.8 Å². The SMILES string of the molecule is CCNC(=O)c1c(OC)cc(N(/C=C(/C)CC)c2ccc(Br)cc2C)cc1OC. The molecule has 0 radical (unpaired) electrons. The Hall–Kier alpha value is -2.47. The van der Waals surface area contributed by atoms with Gasteiger partial charge in [0.2, 0.25) is 0 Å². The predicted octanol–water partition coefficient (Wildman–Crippen LogP) is 5.98. The maximum absolute atomic E-state index is 12.6. The van der Waals surface area contributed by atoms with E-state index in [2.05, 4.69) is 65.3 Å². The van der Waals surface area contributed by atoms with Crippen LogP contribution in [0.1, 0.15) is 43.1 Å². The molecule has 5 nitrogen and oxygen atoms in total. The zero-order valence-electron chi connectivity index (χ0n) is 17.9. The maximum atomic E-state index is 12.6. The summed E-state index contributed by atoms with van der Waals surface area (Å²) < 4.78 is 12.2. The number of nitrogens with zero attached hydrogens (tertiary/aromatic N) is 1. The van der Waals surface area contributed by atoms with Crippen LogP contribution in [0.4, 0.5) is 11.4 Å². The van der Waals surface area contributed by atoms with Crippen LogP contribution in [0, 0.1) is 6.92 Å². The van der Waals surface area contributed by atoms with Crippen LogP contribution in [0.5, 0.6) is 11.5 Å². The second kappa shape index (κ2) is 10.3. The summed E-state index contributed by atoms with van der Waals surface area (Å²) in [5.41, 5.74) is 4.62. The van der Waals surface area contributed by atoms with Crippen LogP contribution >= 0.6 is 15.9 Å². The molecule has 0 unspecified atom stereocenters. The first kappa shape index (κ1) is 22.8.